The molecular weight excluding hydrogens is 420 g/mol. The third kappa shape index (κ3) is 5.81. The van der Waals surface area contributed by atoms with Crippen molar-refractivity contribution in [3.05, 3.63) is 89.5 Å². The Morgan fingerprint density at radius 1 is 0.969 bits per heavy atom. The van der Waals surface area contributed by atoms with Crippen LogP contribution in [-0.2, 0) is 16.1 Å². The first kappa shape index (κ1) is 22.7. The maximum absolute atomic E-state index is 13.7. The lowest BCUT2D eigenvalue weighted by molar-refractivity contribution is -0.123. The number of amides is 1. The van der Waals surface area contributed by atoms with Crippen LogP contribution in [0.5, 0.6) is 11.5 Å². The van der Waals surface area contributed by atoms with Gasteiger partial charge in [-0.3, -0.25) is 4.79 Å². The Hall–Kier alpha value is -3.94. The maximum Gasteiger partial charge on any atom is 0.339 e. The molecule has 1 atom stereocenters. The Morgan fingerprint density at radius 2 is 1.72 bits per heavy atom. The monoisotopic (exact) mass is 441 g/mol. The standard InChI is InChI=1S/C24H21F2NO5/c1-15(23(28)27-20-10-9-18(25)13-19(20)26)32-24(29)17-8-11-21(22(12-17)30-2)31-14-16-6-4-3-5-7-16/h3-13,15H,14H2,1-2H3,(H,27,28). The zero-order valence-corrected chi connectivity index (χ0v) is 17.4. The Labute approximate surface area is 183 Å². The lowest BCUT2D eigenvalue weighted by Gasteiger charge is -2.15. The number of esters is 1. The van der Waals surface area contributed by atoms with Crippen molar-refractivity contribution in [3.8, 4) is 11.5 Å². The van der Waals surface area contributed by atoms with Crippen LogP contribution in [0.15, 0.2) is 66.7 Å². The van der Waals surface area contributed by atoms with Crippen molar-refractivity contribution < 1.29 is 32.6 Å². The van der Waals surface area contributed by atoms with Crippen molar-refractivity contribution in [3.63, 3.8) is 0 Å². The van der Waals surface area contributed by atoms with Crippen molar-refractivity contribution in [1.29, 1.82) is 0 Å². The van der Waals surface area contributed by atoms with Crippen LogP contribution < -0.4 is 14.8 Å². The van der Waals surface area contributed by atoms with Crippen LogP contribution in [0.1, 0.15) is 22.8 Å². The van der Waals surface area contributed by atoms with E-state index < -0.39 is 29.6 Å². The van der Waals surface area contributed by atoms with Gasteiger partial charge in [-0.25, -0.2) is 13.6 Å². The molecule has 0 bridgehead atoms. The quantitative estimate of drug-likeness (QED) is 0.512. The second-order valence-corrected chi connectivity index (χ2v) is 6.80. The minimum Gasteiger partial charge on any atom is -0.493 e. The summed E-state index contributed by atoms with van der Waals surface area (Å²) in [6.07, 6.45) is -1.23. The van der Waals surface area contributed by atoms with E-state index >= 15 is 0 Å². The van der Waals surface area contributed by atoms with E-state index in [9.17, 15) is 18.4 Å². The molecule has 0 spiro atoms. The average molecular weight is 441 g/mol. The molecule has 0 aliphatic carbocycles. The number of benzene rings is 3. The molecule has 0 saturated heterocycles. The number of ether oxygens (including phenoxy) is 3. The zero-order chi connectivity index (χ0) is 23.1. The van der Waals surface area contributed by atoms with E-state index in [4.69, 9.17) is 14.2 Å². The zero-order valence-electron chi connectivity index (χ0n) is 17.4. The van der Waals surface area contributed by atoms with Crippen LogP contribution in [0.3, 0.4) is 0 Å². The van der Waals surface area contributed by atoms with E-state index in [1.807, 2.05) is 30.3 Å². The van der Waals surface area contributed by atoms with Crippen LogP contribution in [0, 0.1) is 11.6 Å². The van der Waals surface area contributed by atoms with Crippen LogP contribution >= 0.6 is 0 Å². The third-order valence-corrected chi connectivity index (χ3v) is 4.48. The summed E-state index contributed by atoms with van der Waals surface area (Å²) in [5.41, 5.74) is 0.887. The van der Waals surface area contributed by atoms with Crippen molar-refractivity contribution in [2.24, 2.45) is 0 Å². The van der Waals surface area contributed by atoms with Gasteiger partial charge in [0.05, 0.1) is 18.4 Å². The van der Waals surface area contributed by atoms with Gasteiger partial charge in [0.15, 0.2) is 17.6 Å². The number of anilines is 1. The van der Waals surface area contributed by atoms with Gasteiger partial charge >= 0.3 is 5.97 Å². The highest BCUT2D eigenvalue weighted by molar-refractivity contribution is 5.97. The van der Waals surface area contributed by atoms with E-state index in [2.05, 4.69) is 5.32 Å². The fourth-order valence-corrected chi connectivity index (χ4v) is 2.76. The molecule has 0 aliphatic heterocycles. The lowest BCUT2D eigenvalue weighted by Crippen LogP contribution is -2.30. The number of nitrogens with one attached hydrogen (secondary N) is 1. The maximum atomic E-state index is 13.7. The van der Waals surface area contributed by atoms with E-state index in [1.54, 1.807) is 6.07 Å². The van der Waals surface area contributed by atoms with Crippen molar-refractivity contribution in [2.75, 3.05) is 12.4 Å². The fraction of sp³-hybridized carbons (Fsp3) is 0.167. The topological polar surface area (TPSA) is 73.9 Å². The Bertz CT molecular complexity index is 1100. The number of halogens is 2. The highest BCUT2D eigenvalue weighted by Gasteiger charge is 2.21. The third-order valence-electron chi connectivity index (χ3n) is 4.48. The molecule has 3 aromatic rings. The molecular formula is C24H21F2NO5. The summed E-state index contributed by atoms with van der Waals surface area (Å²) >= 11 is 0. The summed E-state index contributed by atoms with van der Waals surface area (Å²) in [5.74, 6) is -2.50. The highest BCUT2D eigenvalue weighted by atomic mass is 19.1. The summed E-state index contributed by atoms with van der Waals surface area (Å²) in [7, 11) is 1.44. The van der Waals surface area contributed by atoms with Gasteiger partial charge < -0.3 is 19.5 Å². The number of rotatable bonds is 8. The minimum atomic E-state index is -1.23. The summed E-state index contributed by atoms with van der Waals surface area (Å²) in [5, 5.41) is 2.26. The van der Waals surface area contributed by atoms with Gasteiger partial charge in [0.2, 0.25) is 0 Å². The predicted octanol–water partition coefficient (Wildman–Crippen LogP) is 4.74. The molecule has 0 aromatic heterocycles. The molecule has 0 aliphatic rings. The van der Waals surface area contributed by atoms with Gasteiger partial charge in [-0.2, -0.15) is 0 Å². The molecule has 32 heavy (non-hydrogen) atoms. The number of carbonyl (C=O) groups is 2. The van der Waals surface area contributed by atoms with Crippen LogP contribution in [0.2, 0.25) is 0 Å². The largest absolute Gasteiger partial charge is 0.493 e. The lowest BCUT2D eigenvalue weighted by atomic mass is 10.2. The van der Waals surface area contributed by atoms with Gasteiger partial charge in [0.25, 0.3) is 5.91 Å². The molecule has 6 nitrogen and oxygen atoms in total. The summed E-state index contributed by atoms with van der Waals surface area (Å²) in [4.78, 5) is 24.7. The Kier molecular flexibility index (Phi) is 7.38. The normalized spacial score (nSPS) is 11.4. The second kappa shape index (κ2) is 10.4. The molecule has 0 fully saturated rings. The smallest absolute Gasteiger partial charge is 0.339 e. The van der Waals surface area contributed by atoms with E-state index in [1.165, 1.54) is 26.2 Å². The fourth-order valence-electron chi connectivity index (χ4n) is 2.76. The van der Waals surface area contributed by atoms with Crippen LogP contribution in [-0.4, -0.2) is 25.1 Å². The van der Waals surface area contributed by atoms with Gasteiger partial charge in [-0.1, -0.05) is 30.3 Å². The molecule has 0 radical (unpaired) electrons. The Balaban J connectivity index is 1.62. The average Bonchev–Trinajstić information content (AvgIpc) is 2.79. The predicted molar refractivity (Wildman–Crippen MR) is 114 cm³/mol. The summed E-state index contributed by atoms with van der Waals surface area (Å²) < 4.78 is 42.9. The number of hydrogen-bond donors (Lipinski definition) is 1. The highest BCUT2D eigenvalue weighted by Crippen LogP contribution is 2.29. The van der Waals surface area contributed by atoms with Crippen LogP contribution in [0.4, 0.5) is 14.5 Å². The molecule has 1 amide bonds. The summed E-state index contributed by atoms with van der Waals surface area (Å²) in [6.45, 7) is 1.65. The van der Waals surface area contributed by atoms with E-state index in [0.717, 1.165) is 17.7 Å². The van der Waals surface area contributed by atoms with Gasteiger partial charge in [0.1, 0.15) is 18.2 Å². The molecule has 166 valence electrons. The second-order valence-electron chi connectivity index (χ2n) is 6.80. The minimum absolute atomic E-state index is 0.140. The Morgan fingerprint density at radius 3 is 2.41 bits per heavy atom. The number of hydrogen-bond acceptors (Lipinski definition) is 5. The van der Waals surface area contributed by atoms with Crippen molar-refractivity contribution in [1.82, 2.24) is 0 Å². The first-order chi connectivity index (χ1) is 15.4. The van der Waals surface area contributed by atoms with Gasteiger partial charge in [0, 0.05) is 6.07 Å². The van der Waals surface area contributed by atoms with Crippen molar-refractivity contribution in [2.45, 2.75) is 19.6 Å². The number of carbonyl (C=O) groups excluding carboxylic acids is 2. The number of methoxy groups -OCH3 is 1. The summed E-state index contributed by atoms with van der Waals surface area (Å²) in [6, 6.07) is 16.7. The van der Waals surface area contributed by atoms with Crippen LogP contribution in [0.25, 0.3) is 0 Å². The van der Waals surface area contributed by atoms with Gasteiger partial charge in [-0.05, 0) is 42.8 Å². The molecule has 0 saturated carbocycles. The molecule has 3 aromatic carbocycles. The van der Waals surface area contributed by atoms with E-state index in [-0.39, 0.29) is 11.3 Å². The first-order valence-electron chi connectivity index (χ1n) is 9.69. The molecule has 8 heteroatoms. The van der Waals surface area contributed by atoms with E-state index in [0.29, 0.717) is 24.2 Å². The van der Waals surface area contributed by atoms with Crippen molar-refractivity contribution >= 4 is 17.6 Å². The molecule has 1 N–H and O–H groups in total. The first-order valence-corrected chi connectivity index (χ1v) is 9.69. The molecule has 0 heterocycles. The molecule has 3 rings (SSSR count). The molecule has 1 unspecified atom stereocenters. The SMILES string of the molecule is COc1cc(C(=O)OC(C)C(=O)Nc2ccc(F)cc2F)ccc1OCc1ccccc1. The van der Waals surface area contributed by atoms with Gasteiger partial charge in [-0.15, -0.1) is 0 Å².